The molecule has 6 heteroatoms. The Balaban J connectivity index is 2.41. The van der Waals surface area contributed by atoms with Gasteiger partial charge in [0.05, 0.1) is 28.6 Å². The highest BCUT2D eigenvalue weighted by Gasteiger charge is 2.12. The zero-order valence-electron chi connectivity index (χ0n) is 9.58. The van der Waals surface area contributed by atoms with Gasteiger partial charge in [0.2, 0.25) is 0 Å². The summed E-state index contributed by atoms with van der Waals surface area (Å²) in [5.41, 5.74) is 8.03. The Morgan fingerprint density at radius 3 is 2.83 bits per heavy atom. The third kappa shape index (κ3) is 1.39. The lowest BCUT2D eigenvalue weighted by molar-refractivity contribution is 0.0692. The highest BCUT2D eigenvalue weighted by atomic mass is 16.4. The maximum Gasteiger partial charge on any atom is 0.356 e. The number of benzene rings is 1. The number of carbonyl (C=O) groups is 1. The number of aromatic nitrogens is 3. The number of fused-ring (bicyclic) bond motifs is 2. The monoisotopic (exact) mass is 242 g/mol. The molecule has 0 radical (unpaired) electrons. The molecule has 90 valence electrons. The van der Waals surface area contributed by atoms with Crippen LogP contribution in [0.1, 0.15) is 10.5 Å². The van der Waals surface area contributed by atoms with E-state index < -0.39 is 5.97 Å². The Bertz CT molecular complexity index is 791. The highest BCUT2D eigenvalue weighted by molar-refractivity contribution is 5.99. The van der Waals surface area contributed by atoms with Gasteiger partial charge in [-0.05, 0) is 18.2 Å². The van der Waals surface area contributed by atoms with Crippen LogP contribution in [-0.2, 0) is 7.05 Å². The predicted molar refractivity (Wildman–Crippen MR) is 67.4 cm³/mol. The van der Waals surface area contributed by atoms with Crippen LogP contribution in [0.5, 0.6) is 0 Å². The molecule has 0 saturated heterocycles. The van der Waals surface area contributed by atoms with Crippen molar-refractivity contribution in [3.8, 4) is 0 Å². The number of nitrogens with two attached hydrogens (primary N) is 1. The van der Waals surface area contributed by atoms with Crippen molar-refractivity contribution in [3.05, 3.63) is 30.2 Å². The summed E-state index contributed by atoms with van der Waals surface area (Å²) < 4.78 is 1.85. The number of hydrogen-bond donors (Lipinski definition) is 2. The van der Waals surface area contributed by atoms with Gasteiger partial charge in [-0.15, -0.1) is 0 Å². The van der Waals surface area contributed by atoms with Crippen LogP contribution in [0.15, 0.2) is 24.5 Å². The number of nitrogens with zero attached hydrogens (tertiary/aromatic N) is 3. The van der Waals surface area contributed by atoms with Crippen molar-refractivity contribution in [2.45, 2.75) is 0 Å². The summed E-state index contributed by atoms with van der Waals surface area (Å²) in [5.74, 6) is -1.13. The predicted octanol–water partition coefficient (Wildman–Crippen LogP) is 1.40. The van der Waals surface area contributed by atoms with Gasteiger partial charge < -0.3 is 15.4 Å². The molecule has 0 aliphatic heterocycles. The maximum atomic E-state index is 11.0. The summed E-state index contributed by atoms with van der Waals surface area (Å²) in [6.07, 6.45) is 1.70. The number of carboxylic acids is 1. The number of rotatable bonds is 1. The molecule has 6 nitrogen and oxygen atoms in total. The van der Waals surface area contributed by atoms with E-state index in [9.17, 15) is 4.79 Å². The number of nitrogen functional groups attached to an aromatic ring is 1. The van der Waals surface area contributed by atoms with Crippen molar-refractivity contribution in [2.24, 2.45) is 7.05 Å². The normalized spacial score (nSPS) is 11.2. The van der Waals surface area contributed by atoms with Crippen LogP contribution in [0.25, 0.3) is 21.9 Å². The highest BCUT2D eigenvalue weighted by Crippen LogP contribution is 2.23. The van der Waals surface area contributed by atoms with Crippen molar-refractivity contribution >= 4 is 33.6 Å². The van der Waals surface area contributed by atoms with Gasteiger partial charge in [-0.25, -0.2) is 14.8 Å². The molecular formula is C12H10N4O2. The summed E-state index contributed by atoms with van der Waals surface area (Å²) in [7, 11) is 1.87. The first-order valence-corrected chi connectivity index (χ1v) is 5.31. The largest absolute Gasteiger partial charge is 0.476 e. The lowest BCUT2D eigenvalue weighted by Crippen LogP contribution is -2.05. The van der Waals surface area contributed by atoms with Crippen molar-refractivity contribution in [3.63, 3.8) is 0 Å². The Labute approximate surface area is 102 Å². The molecular weight excluding hydrogens is 232 g/mol. The van der Waals surface area contributed by atoms with E-state index in [-0.39, 0.29) is 11.4 Å². The molecule has 0 unspecified atom stereocenters. The van der Waals surface area contributed by atoms with E-state index in [4.69, 9.17) is 10.8 Å². The molecule has 3 N–H and O–H groups in total. The van der Waals surface area contributed by atoms with Crippen molar-refractivity contribution in [1.82, 2.24) is 14.5 Å². The first kappa shape index (κ1) is 10.5. The van der Waals surface area contributed by atoms with Gasteiger partial charge in [-0.2, -0.15) is 0 Å². The summed E-state index contributed by atoms with van der Waals surface area (Å²) >= 11 is 0. The van der Waals surface area contributed by atoms with Crippen molar-refractivity contribution in [2.75, 3.05) is 5.73 Å². The summed E-state index contributed by atoms with van der Waals surface area (Å²) in [4.78, 5) is 19.3. The summed E-state index contributed by atoms with van der Waals surface area (Å²) in [6.45, 7) is 0. The van der Waals surface area contributed by atoms with Crippen LogP contribution in [0.3, 0.4) is 0 Å². The molecule has 0 aliphatic rings. The number of imidazole rings is 1. The van der Waals surface area contributed by atoms with E-state index >= 15 is 0 Å². The summed E-state index contributed by atoms with van der Waals surface area (Å²) in [5, 5.41) is 9.77. The summed E-state index contributed by atoms with van der Waals surface area (Å²) in [6, 6.07) is 5.27. The molecule has 1 aromatic carbocycles. The lowest BCUT2D eigenvalue weighted by Gasteiger charge is -2.04. The second kappa shape index (κ2) is 3.43. The molecule has 18 heavy (non-hydrogen) atoms. The van der Waals surface area contributed by atoms with Crippen LogP contribution in [0.2, 0.25) is 0 Å². The molecule has 0 aliphatic carbocycles. The van der Waals surface area contributed by atoms with E-state index in [0.717, 1.165) is 16.4 Å². The fourth-order valence-corrected chi connectivity index (χ4v) is 1.98. The minimum atomic E-state index is -1.13. The minimum absolute atomic E-state index is 0.121. The molecule has 0 bridgehead atoms. The van der Waals surface area contributed by atoms with Crippen LogP contribution >= 0.6 is 0 Å². The van der Waals surface area contributed by atoms with Crippen molar-refractivity contribution < 1.29 is 9.90 Å². The first-order chi connectivity index (χ1) is 8.56. The van der Waals surface area contributed by atoms with Crippen LogP contribution < -0.4 is 5.73 Å². The number of carboxylic acid groups (broad SMARTS) is 1. The molecule has 2 aromatic heterocycles. The van der Waals surface area contributed by atoms with Gasteiger partial charge in [0.1, 0.15) is 0 Å². The standard InChI is InChI=1S/C12H10N4O2/c1-16-5-14-9-3-6-2-7(13)11(12(17)18)15-8(6)4-10(9)16/h2-5H,13H2,1H3,(H,17,18). The Morgan fingerprint density at radius 2 is 2.11 bits per heavy atom. The van der Waals surface area contributed by atoms with Gasteiger partial charge in [-0.3, -0.25) is 0 Å². The van der Waals surface area contributed by atoms with E-state index in [1.54, 1.807) is 12.4 Å². The van der Waals surface area contributed by atoms with E-state index in [1.807, 2.05) is 23.7 Å². The zero-order chi connectivity index (χ0) is 12.9. The molecule has 3 aromatic rings. The smallest absolute Gasteiger partial charge is 0.356 e. The molecule has 3 rings (SSSR count). The van der Waals surface area contributed by atoms with E-state index in [1.165, 1.54) is 0 Å². The number of pyridine rings is 1. The molecule has 0 amide bonds. The molecule has 0 fully saturated rings. The number of anilines is 1. The molecule has 0 atom stereocenters. The SMILES string of the molecule is Cn1cnc2cc3cc(N)c(C(=O)O)nc3cc21. The Kier molecular flexibility index (Phi) is 2.00. The molecule has 0 saturated carbocycles. The average Bonchev–Trinajstić information content (AvgIpc) is 2.67. The van der Waals surface area contributed by atoms with Gasteiger partial charge in [0, 0.05) is 12.4 Å². The first-order valence-electron chi connectivity index (χ1n) is 5.31. The van der Waals surface area contributed by atoms with Gasteiger partial charge >= 0.3 is 5.97 Å². The second-order valence-corrected chi connectivity index (χ2v) is 4.12. The van der Waals surface area contributed by atoms with Crippen LogP contribution in [0, 0.1) is 0 Å². The van der Waals surface area contributed by atoms with Gasteiger partial charge in [0.15, 0.2) is 5.69 Å². The average molecular weight is 242 g/mol. The molecule has 0 spiro atoms. The number of hydrogen-bond acceptors (Lipinski definition) is 4. The Hall–Kier alpha value is -2.63. The number of aromatic carboxylic acids is 1. The fraction of sp³-hybridized carbons (Fsp3) is 0.0833. The zero-order valence-corrected chi connectivity index (χ0v) is 9.58. The van der Waals surface area contributed by atoms with Gasteiger partial charge in [-0.1, -0.05) is 0 Å². The van der Waals surface area contributed by atoms with Crippen LogP contribution in [-0.4, -0.2) is 25.6 Å². The number of aryl methyl sites for hydroxylation is 1. The van der Waals surface area contributed by atoms with E-state index in [2.05, 4.69) is 9.97 Å². The third-order valence-corrected chi connectivity index (χ3v) is 2.89. The topological polar surface area (TPSA) is 94.0 Å². The maximum absolute atomic E-state index is 11.0. The quantitative estimate of drug-likeness (QED) is 0.672. The van der Waals surface area contributed by atoms with Crippen LogP contribution in [0.4, 0.5) is 5.69 Å². The second-order valence-electron chi connectivity index (χ2n) is 4.12. The van der Waals surface area contributed by atoms with E-state index in [0.29, 0.717) is 5.52 Å². The fourth-order valence-electron chi connectivity index (χ4n) is 1.98. The third-order valence-electron chi connectivity index (χ3n) is 2.89. The Morgan fingerprint density at radius 1 is 1.33 bits per heavy atom. The van der Waals surface area contributed by atoms with Crippen molar-refractivity contribution in [1.29, 1.82) is 0 Å². The minimum Gasteiger partial charge on any atom is -0.476 e. The lowest BCUT2D eigenvalue weighted by atomic mass is 10.1. The molecule has 2 heterocycles. The van der Waals surface area contributed by atoms with Gasteiger partial charge in [0.25, 0.3) is 0 Å².